The molecule has 2 rings (SSSR count). The van der Waals surface area contributed by atoms with E-state index < -0.39 is 10.0 Å². The van der Waals surface area contributed by atoms with E-state index in [0.717, 1.165) is 4.88 Å². The normalized spacial score (nSPS) is 13.3. The summed E-state index contributed by atoms with van der Waals surface area (Å²) in [5, 5.41) is 11.0. The lowest BCUT2D eigenvalue weighted by Crippen LogP contribution is -2.26. The lowest BCUT2D eigenvalue weighted by molar-refractivity contribution is 0.281. The summed E-state index contributed by atoms with van der Waals surface area (Å²) in [5.74, 6) is 0. The van der Waals surface area contributed by atoms with Crippen molar-refractivity contribution in [3.8, 4) is 0 Å². The fraction of sp³-hybridized carbons (Fsp3) is 0.231. The Morgan fingerprint density at radius 2 is 2.15 bits per heavy atom. The van der Waals surface area contributed by atoms with Crippen LogP contribution in [-0.4, -0.2) is 13.5 Å². The molecule has 1 unspecified atom stereocenters. The third-order valence-electron chi connectivity index (χ3n) is 2.77. The zero-order valence-corrected chi connectivity index (χ0v) is 13.9. The van der Waals surface area contributed by atoms with Gasteiger partial charge in [-0.25, -0.2) is 13.1 Å². The molecule has 1 aromatic carbocycles. The highest BCUT2D eigenvalue weighted by Gasteiger charge is 2.21. The van der Waals surface area contributed by atoms with Gasteiger partial charge in [-0.3, -0.25) is 0 Å². The summed E-state index contributed by atoms with van der Waals surface area (Å²) in [7, 11) is -3.61. The fourth-order valence-electron chi connectivity index (χ4n) is 1.75. The van der Waals surface area contributed by atoms with Gasteiger partial charge < -0.3 is 5.11 Å². The van der Waals surface area contributed by atoms with Crippen LogP contribution in [-0.2, 0) is 16.6 Å². The SMILES string of the molecule is CC(NS(=O)(=O)c1ccc(CO)cc1Br)c1cccs1. The van der Waals surface area contributed by atoms with Crippen molar-refractivity contribution in [1.82, 2.24) is 4.72 Å². The molecule has 108 valence electrons. The van der Waals surface area contributed by atoms with E-state index in [1.54, 1.807) is 19.1 Å². The summed E-state index contributed by atoms with van der Waals surface area (Å²) in [4.78, 5) is 1.12. The summed E-state index contributed by atoms with van der Waals surface area (Å²) in [5.41, 5.74) is 0.655. The molecule has 0 amide bonds. The molecular formula is C13H14BrNO3S2. The maximum absolute atomic E-state index is 12.4. The van der Waals surface area contributed by atoms with Crippen LogP contribution in [0.5, 0.6) is 0 Å². The highest BCUT2D eigenvalue weighted by Crippen LogP contribution is 2.26. The van der Waals surface area contributed by atoms with Crippen molar-refractivity contribution in [1.29, 1.82) is 0 Å². The first-order chi connectivity index (χ1) is 9.44. The molecular weight excluding hydrogens is 362 g/mol. The number of nitrogens with one attached hydrogen (secondary N) is 1. The Morgan fingerprint density at radius 1 is 1.40 bits per heavy atom. The van der Waals surface area contributed by atoms with Gasteiger partial charge in [-0.1, -0.05) is 12.1 Å². The van der Waals surface area contributed by atoms with E-state index in [9.17, 15) is 8.42 Å². The van der Waals surface area contributed by atoms with Crippen LogP contribution in [0.4, 0.5) is 0 Å². The second-order valence-corrected chi connectivity index (χ2v) is 7.80. The maximum atomic E-state index is 12.4. The average molecular weight is 376 g/mol. The number of benzene rings is 1. The Bertz CT molecular complexity index is 684. The van der Waals surface area contributed by atoms with Crippen LogP contribution in [0.3, 0.4) is 0 Å². The first kappa shape index (κ1) is 15.7. The van der Waals surface area contributed by atoms with Gasteiger partial charge in [0, 0.05) is 9.35 Å². The van der Waals surface area contributed by atoms with Crippen LogP contribution < -0.4 is 4.72 Å². The van der Waals surface area contributed by atoms with Gasteiger partial charge in [-0.05, 0) is 52.0 Å². The van der Waals surface area contributed by atoms with Gasteiger partial charge in [-0.15, -0.1) is 11.3 Å². The Morgan fingerprint density at radius 3 is 2.70 bits per heavy atom. The maximum Gasteiger partial charge on any atom is 0.242 e. The van der Waals surface area contributed by atoms with Crippen molar-refractivity contribution in [2.24, 2.45) is 0 Å². The van der Waals surface area contributed by atoms with E-state index in [4.69, 9.17) is 5.11 Å². The summed E-state index contributed by atoms with van der Waals surface area (Å²) in [6.45, 7) is 1.68. The third-order valence-corrected chi connectivity index (χ3v) is 6.34. The Hall–Kier alpha value is -0.730. The zero-order chi connectivity index (χ0) is 14.8. The van der Waals surface area contributed by atoms with Crippen LogP contribution in [0.1, 0.15) is 23.4 Å². The molecule has 20 heavy (non-hydrogen) atoms. The zero-order valence-electron chi connectivity index (χ0n) is 10.7. The van der Waals surface area contributed by atoms with Crippen molar-refractivity contribution < 1.29 is 13.5 Å². The minimum atomic E-state index is -3.61. The molecule has 0 aliphatic heterocycles. The third kappa shape index (κ3) is 3.48. The summed E-state index contributed by atoms with van der Waals surface area (Å²) < 4.78 is 27.8. The van der Waals surface area contributed by atoms with Gasteiger partial charge in [0.2, 0.25) is 10.0 Å². The van der Waals surface area contributed by atoms with E-state index in [1.165, 1.54) is 17.4 Å². The molecule has 0 spiro atoms. The first-order valence-corrected chi connectivity index (χ1v) is 9.04. The van der Waals surface area contributed by atoms with Gasteiger partial charge in [0.1, 0.15) is 0 Å². The standard InChI is InChI=1S/C13H14BrNO3S2/c1-9(12-3-2-6-19-12)15-20(17,18)13-5-4-10(8-16)7-11(13)14/h2-7,9,15-16H,8H2,1H3. The van der Waals surface area contributed by atoms with E-state index in [1.807, 2.05) is 17.5 Å². The van der Waals surface area contributed by atoms with Crippen LogP contribution >= 0.6 is 27.3 Å². The predicted octanol–water partition coefficient (Wildman–Crippen LogP) is 3.04. The van der Waals surface area contributed by atoms with Gasteiger partial charge in [0.25, 0.3) is 0 Å². The molecule has 0 aliphatic rings. The van der Waals surface area contributed by atoms with E-state index in [-0.39, 0.29) is 17.5 Å². The van der Waals surface area contributed by atoms with Gasteiger partial charge in [0.15, 0.2) is 0 Å². The number of aliphatic hydroxyl groups excluding tert-OH is 1. The Labute approximate surface area is 130 Å². The Balaban J connectivity index is 2.27. The van der Waals surface area contributed by atoms with Crippen molar-refractivity contribution in [3.63, 3.8) is 0 Å². The first-order valence-electron chi connectivity index (χ1n) is 5.89. The second-order valence-electron chi connectivity index (χ2n) is 4.28. The molecule has 1 heterocycles. The highest BCUT2D eigenvalue weighted by atomic mass is 79.9. The summed E-state index contributed by atoms with van der Waals surface area (Å²) in [6.07, 6.45) is 0. The average Bonchev–Trinajstić information content (AvgIpc) is 2.91. The molecule has 0 radical (unpaired) electrons. The van der Waals surface area contributed by atoms with E-state index in [0.29, 0.717) is 10.0 Å². The van der Waals surface area contributed by atoms with Crippen LogP contribution in [0.15, 0.2) is 45.1 Å². The summed E-state index contributed by atoms with van der Waals surface area (Å²) in [6, 6.07) is 8.17. The van der Waals surface area contributed by atoms with Crippen molar-refractivity contribution in [3.05, 3.63) is 50.6 Å². The number of hydrogen-bond donors (Lipinski definition) is 2. The number of hydrogen-bond acceptors (Lipinski definition) is 4. The fourth-order valence-corrected chi connectivity index (χ4v) is 4.91. The Kier molecular flexibility index (Phi) is 4.98. The molecule has 0 saturated heterocycles. The number of thiophene rings is 1. The summed E-state index contributed by atoms with van der Waals surface area (Å²) >= 11 is 4.74. The molecule has 0 bridgehead atoms. The molecule has 0 aliphatic carbocycles. The molecule has 4 nitrogen and oxygen atoms in total. The number of halogens is 1. The van der Waals surface area contributed by atoms with Crippen molar-refractivity contribution in [2.45, 2.75) is 24.5 Å². The largest absolute Gasteiger partial charge is 0.392 e. The van der Waals surface area contributed by atoms with Gasteiger partial charge in [-0.2, -0.15) is 0 Å². The molecule has 2 aromatic rings. The van der Waals surface area contributed by atoms with Crippen LogP contribution in [0.25, 0.3) is 0 Å². The molecule has 2 N–H and O–H groups in total. The molecule has 0 saturated carbocycles. The topological polar surface area (TPSA) is 66.4 Å². The van der Waals surface area contributed by atoms with Gasteiger partial charge >= 0.3 is 0 Å². The van der Waals surface area contributed by atoms with E-state index >= 15 is 0 Å². The van der Waals surface area contributed by atoms with Gasteiger partial charge in [0.05, 0.1) is 17.5 Å². The predicted molar refractivity (Wildman–Crippen MR) is 83.1 cm³/mol. The number of rotatable bonds is 5. The lowest BCUT2D eigenvalue weighted by Gasteiger charge is -2.14. The molecule has 1 aromatic heterocycles. The monoisotopic (exact) mass is 375 g/mol. The number of sulfonamides is 1. The lowest BCUT2D eigenvalue weighted by atomic mass is 10.2. The quantitative estimate of drug-likeness (QED) is 0.843. The number of aliphatic hydroxyl groups is 1. The van der Waals surface area contributed by atoms with Crippen LogP contribution in [0.2, 0.25) is 0 Å². The van der Waals surface area contributed by atoms with Crippen molar-refractivity contribution >= 4 is 37.3 Å². The highest BCUT2D eigenvalue weighted by molar-refractivity contribution is 9.10. The minimum absolute atomic E-state index is 0.127. The van der Waals surface area contributed by atoms with Crippen LogP contribution in [0, 0.1) is 0 Å². The molecule has 7 heteroatoms. The molecule has 0 fully saturated rings. The minimum Gasteiger partial charge on any atom is -0.392 e. The smallest absolute Gasteiger partial charge is 0.242 e. The van der Waals surface area contributed by atoms with Crippen molar-refractivity contribution in [2.75, 3.05) is 0 Å². The second kappa shape index (κ2) is 6.36. The van der Waals surface area contributed by atoms with E-state index in [2.05, 4.69) is 20.7 Å². The molecule has 1 atom stereocenters.